The largest absolute Gasteiger partial charge is 0.315 e. The van der Waals surface area contributed by atoms with E-state index in [1.165, 1.54) is 12.0 Å². The third-order valence-electron chi connectivity index (χ3n) is 0.429. The Kier molecular flexibility index (Phi) is 6.59. The minimum absolute atomic E-state index is 0.776. The molecule has 0 atom stereocenters. The average molecular weight is 119 g/mol. The van der Waals surface area contributed by atoms with E-state index in [0.717, 1.165) is 18.8 Å². The summed E-state index contributed by atoms with van der Waals surface area (Å²) in [6.07, 6.45) is 0.868. The fraction of sp³-hybridized carbons (Fsp3) is 0.800. The van der Waals surface area contributed by atoms with Crippen LogP contribution in [0.1, 0.15) is 13.3 Å². The molecule has 0 spiro atoms. The lowest BCUT2D eigenvalue weighted by Crippen LogP contribution is -1.81. The van der Waals surface area contributed by atoms with Crippen LogP contribution in [0.2, 0.25) is 0 Å². The van der Waals surface area contributed by atoms with Crippen LogP contribution >= 0.6 is 12.0 Å². The van der Waals surface area contributed by atoms with Crippen LogP contribution in [-0.4, -0.2) is 12.4 Å². The number of rotatable bonds is 4. The van der Waals surface area contributed by atoms with Crippen LogP contribution < -0.4 is 0 Å². The van der Waals surface area contributed by atoms with Crippen molar-refractivity contribution in [2.75, 3.05) is 12.4 Å². The molecule has 0 amide bonds. The summed E-state index contributed by atoms with van der Waals surface area (Å²) in [6, 6.07) is 0. The first kappa shape index (κ1) is 7.31. The monoisotopic (exact) mass is 119 g/mol. The Morgan fingerprint density at radius 3 is 2.86 bits per heavy atom. The molecule has 7 heavy (non-hydrogen) atoms. The lowest BCUT2D eigenvalue weighted by Gasteiger charge is -1.93. The first-order valence-corrected chi connectivity index (χ1v) is 3.36. The Morgan fingerprint density at radius 1 is 1.71 bits per heavy atom. The maximum atomic E-state index is 4.99. The van der Waals surface area contributed by atoms with Crippen molar-refractivity contribution in [3.63, 3.8) is 0 Å². The molecule has 0 aliphatic carbocycles. The van der Waals surface area contributed by atoms with E-state index in [4.69, 9.17) is 4.18 Å². The molecule has 0 aliphatic heterocycles. The van der Waals surface area contributed by atoms with Gasteiger partial charge in [0.25, 0.3) is 0 Å². The fourth-order valence-electron chi connectivity index (χ4n) is 0.201. The van der Waals surface area contributed by atoms with E-state index in [2.05, 4.69) is 13.8 Å². The van der Waals surface area contributed by atoms with Gasteiger partial charge in [0, 0.05) is 5.75 Å². The van der Waals surface area contributed by atoms with Gasteiger partial charge in [0.15, 0.2) is 0 Å². The van der Waals surface area contributed by atoms with Gasteiger partial charge in [-0.1, -0.05) is 13.8 Å². The van der Waals surface area contributed by atoms with Crippen molar-refractivity contribution in [2.45, 2.75) is 13.3 Å². The molecule has 0 saturated carbocycles. The van der Waals surface area contributed by atoms with Crippen LogP contribution in [0.15, 0.2) is 0 Å². The normalized spacial score (nSPS) is 9.43. The predicted molar refractivity (Wildman–Crippen MR) is 34.1 cm³/mol. The maximum Gasteiger partial charge on any atom is 0.0613 e. The number of hydrogen-bond donors (Lipinski definition) is 0. The summed E-state index contributed by atoms with van der Waals surface area (Å²) in [5.41, 5.74) is 0. The molecule has 0 aliphatic rings. The Morgan fingerprint density at radius 2 is 2.43 bits per heavy atom. The first-order valence-electron chi connectivity index (χ1n) is 2.45. The van der Waals surface area contributed by atoms with Crippen molar-refractivity contribution in [1.29, 1.82) is 0 Å². The minimum Gasteiger partial charge on any atom is -0.315 e. The summed E-state index contributed by atoms with van der Waals surface area (Å²) in [7, 11) is 0. The summed E-state index contributed by atoms with van der Waals surface area (Å²) < 4.78 is 4.99. The second-order valence-electron chi connectivity index (χ2n) is 1.08. The fourth-order valence-corrected chi connectivity index (χ4v) is 0.604. The molecule has 0 bridgehead atoms. The standard InChI is InChI=1S/C5H11OS/c1-3-5-6-7-4-2/h1,3-5H2,2H3. The molecule has 43 valence electrons. The third-order valence-corrected chi connectivity index (χ3v) is 0.998. The first-order chi connectivity index (χ1) is 3.41. The van der Waals surface area contributed by atoms with Gasteiger partial charge < -0.3 is 4.18 Å². The zero-order valence-electron chi connectivity index (χ0n) is 4.64. The van der Waals surface area contributed by atoms with Gasteiger partial charge in [-0.2, -0.15) is 0 Å². The topological polar surface area (TPSA) is 9.23 Å². The van der Waals surface area contributed by atoms with Crippen LogP contribution in [0, 0.1) is 6.92 Å². The molecule has 0 aromatic heterocycles. The molecule has 0 heterocycles. The third kappa shape index (κ3) is 6.31. The van der Waals surface area contributed by atoms with Gasteiger partial charge in [-0.15, -0.1) is 0 Å². The van der Waals surface area contributed by atoms with Gasteiger partial charge in [-0.3, -0.25) is 0 Å². The molecule has 1 radical (unpaired) electrons. The minimum atomic E-state index is 0.776. The van der Waals surface area contributed by atoms with E-state index < -0.39 is 0 Å². The quantitative estimate of drug-likeness (QED) is 0.413. The van der Waals surface area contributed by atoms with Crippen LogP contribution in [0.3, 0.4) is 0 Å². The van der Waals surface area contributed by atoms with E-state index in [0.29, 0.717) is 0 Å². The van der Waals surface area contributed by atoms with Crippen molar-refractivity contribution < 1.29 is 4.18 Å². The molecule has 2 heteroatoms. The molecule has 0 rings (SSSR count). The molecular weight excluding hydrogens is 108 g/mol. The highest BCUT2D eigenvalue weighted by Crippen LogP contribution is 1.99. The summed E-state index contributed by atoms with van der Waals surface area (Å²) in [6.45, 7) is 6.46. The zero-order chi connectivity index (χ0) is 5.54. The Balaban J connectivity index is 2.45. The molecule has 0 fully saturated rings. The molecule has 1 nitrogen and oxygen atoms in total. The second kappa shape index (κ2) is 6.31. The molecule has 0 N–H and O–H groups in total. The summed E-state index contributed by atoms with van der Waals surface area (Å²) in [5.74, 6) is 1.03. The van der Waals surface area contributed by atoms with E-state index in [-0.39, 0.29) is 0 Å². The molecule has 0 unspecified atom stereocenters. The van der Waals surface area contributed by atoms with E-state index in [1.54, 1.807) is 0 Å². The highest BCUT2D eigenvalue weighted by Gasteiger charge is 1.79. The van der Waals surface area contributed by atoms with Crippen LogP contribution in [-0.2, 0) is 4.18 Å². The van der Waals surface area contributed by atoms with Crippen molar-refractivity contribution in [3.05, 3.63) is 6.92 Å². The Bertz CT molecular complexity index is 27.3. The summed E-state index contributed by atoms with van der Waals surface area (Å²) in [5, 5.41) is 0. The lowest BCUT2D eigenvalue weighted by atomic mass is 10.5. The maximum absolute atomic E-state index is 4.99. The highest BCUT2D eigenvalue weighted by molar-refractivity contribution is 7.94. The van der Waals surface area contributed by atoms with Gasteiger partial charge >= 0.3 is 0 Å². The van der Waals surface area contributed by atoms with Crippen molar-refractivity contribution in [1.82, 2.24) is 0 Å². The van der Waals surface area contributed by atoms with Crippen LogP contribution in [0.5, 0.6) is 0 Å². The Labute approximate surface area is 49.6 Å². The van der Waals surface area contributed by atoms with Crippen molar-refractivity contribution >= 4 is 12.0 Å². The summed E-state index contributed by atoms with van der Waals surface area (Å²) in [4.78, 5) is 0. The SMILES string of the molecule is [CH2]CCOSCC. The average Bonchev–Trinajstić information content (AvgIpc) is 1.69. The second-order valence-corrected chi connectivity index (χ2v) is 2.13. The smallest absolute Gasteiger partial charge is 0.0613 e. The molecule has 0 aromatic rings. The van der Waals surface area contributed by atoms with Crippen LogP contribution in [0.25, 0.3) is 0 Å². The van der Waals surface area contributed by atoms with Gasteiger partial charge in [-0.05, 0) is 18.5 Å². The van der Waals surface area contributed by atoms with Crippen molar-refractivity contribution in [2.24, 2.45) is 0 Å². The summed E-state index contributed by atoms with van der Waals surface area (Å²) >= 11 is 1.49. The van der Waals surface area contributed by atoms with Gasteiger partial charge in [0.1, 0.15) is 0 Å². The van der Waals surface area contributed by atoms with Crippen molar-refractivity contribution in [3.8, 4) is 0 Å². The van der Waals surface area contributed by atoms with Gasteiger partial charge in [-0.25, -0.2) is 0 Å². The lowest BCUT2D eigenvalue weighted by molar-refractivity contribution is 0.382. The highest BCUT2D eigenvalue weighted by atomic mass is 32.2. The van der Waals surface area contributed by atoms with Crippen LogP contribution in [0.4, 0.5) is 0 Å². The van der Waals surface area contributed by atoms with E-state index >= 15 is 0 Å². The number of hydrogen-bond acceptors (Lipinski definition) is 2. The molecular formula is C5H11OS. The Hall–Kier alpha value is 0.310. The van der Waals surface area contributed by atoms with Gasteiger partial charge in [0.2, 0.25) is 0 Å². The van der Waals surface area contributed by atoms with E-state index in [9.17, 15) is 0 Å². The predicted octanol–water partition coefficient (Wildman–Crippen LogP) is 1.90. The molecule has 0 saturated heterocycles. The zero-order valence-corrected chi connectivity index (χ0v) is 5.46. The molecule has 0 aromatic carbocycles. The van der Waals surface area contributed by atoms with Gasteiger partial charge in [0.05, 0.1) is 6.61 Å². The van der Waals surface area contributed by atoms with E-state index in [1.807, 2.05) is 0 Å².